The van der Waals surface area contributed by atoms with Gasteiger partial charge in [0.05, 0.1) is 5.02 Å². The summed E-state index contributed by atoms with van der Waals surface area (Å²) >= 11 is 3.96. The average molecular weight is 396 g/mol. The van der Waals surface area contributed by atoms with Gasteiger partial charge in [-0.05, 0) is 45.0 Å². The molecule has 10 heteroatoms. The highest BCUT2D eigenvalue weighted by Crippen LogP contribution is 2.29. The molecule has 0 aliphatic carbocycles. The first-order chi connectivity index (χ1) is 11.4. The van der Waals surface area contributed by atoms with Gasteiger partial charge in [0, 0.05) is 5.56 Å². The van der Waals surface area contributed by atoms with Crippen molar-refractivity contribution in [3.8, 4) is 0 Å². The number of nitrogens with one attached hydrogen (secondary N) is 1. The van der Waals surface area contributed by atoms with Crippen molar-refractivity contribution < 1.29 is 22.1 Å². The van der Waals surface area contributed by atoms with E-state index in [0.29, 0.717) is 0 Å². The van der Waals surface area contributed by atoms with Crippen LogP contribution in [0.4, 0.5) is 17.6 Å². The van der Waals surface area contributed by atoms with Crippen molar-refractivity contribution in [1.29, 1.82) is 0 Å². The normalized spacial score (nSPS) is 14.7. The molecule has 0 saturated carbocycles. The van der Waals surface area contributed by atoms with Crippen molar-refractivity contribution in [3.63, 3.8) is 0 Å². The molecule has 136 valence electrons. The SMILES string of the molecule is CC(C)(C)[S+]([O-])N=C(c1ccc(F)c(Cl)c1)c1cc(C(F)(F)F)[nH]n1. The lowest BCUT2D eigenvalue weighted by molar-refractivity contribution is -0.141. The second-order valence-electron chi connectivity index (χ2n) is 6.09. The summed E-state index contributed by atoms with van der Waals surface area (Å²) in [6, 6.07) is 4.26. The van der Waals surface area contributed by atoms with Gasteiger partial charge >= 0.3 is 6.18 Å². The summed E-state index contributed by atoms with van der Waals surface area (Å²) in [5.74, 6) is -0.695. The third-order valence-electron chi connectivity index (χ3n) is 3.02. The zero-order chi connectivity index (χ0) is 19.0. The number of alkyl halides is 3. The smallest absolute Gasteiger partial charge is 0.432 e. The number of H-pyrrole nitrogens is 1. The van der Waals surface area contributed by atoms with Crippen LogP contribution in [0.2, 0.25) is 5.02 Å². The molecule has 0 spiro atoms. The van der Waals surface area contributed by atoms with Crippen molar-refractivity contribution >= 4 is 28.7 Å². The van der Waals surface area contributed by atoms with E-state index in [0.717, 1.165) is 12.1 Å². The molecular weight excluding hydrogens is 382 g/mol. The molecule has 1 atom stereocenters. The Balaban J connectivity index is 2.58. The standard InChI is InChI=1S/C15H14ClF4N3OS/c1-14(2,3)25(24)23-13(8-4-5-10(17)9(16)6-8)11-7-12(22-21-11)15(18,19)20/h4-7H,1-3H3,(H,21,22). The fourth-order valence-corrected chi connectivity index (χ4v) is 2.52. The molecule has 0 aliphatic rings. The van der Waals surface area contributed by atoms with Crippen LogP contribution in [0.1, 0.15) is 37.7 Å². The Morgan fingerprint density at radius 1 is 1.24 bits per heavy atom. The van der Waals surface area contributed by atoms with Gasteiger partial charge in [-0.1, -0.05) is 16.0 Å². The molecule has 1 N–H and O–H groups in total. The Labute approximate surface area is 149 Å². The third-order valence-corrected chi connectivity index (χ3v) is 4.70. The minimum atomic E-state index is -4.63. The first-order valence-electron chi connectivity index (χ1n) is 6.98. The van der Waals surface area contributed by atoms with E-state index < -0.39 is 33.8 Å². The van der Waals surface area contributed by atoms with Gasteiger partial charge in [0.1, 0.15) is 39.0 Å². The number of benzene rings is 1. The van der Waals surface area contributed by atoms with Crippen LogP contribution in [0.5, 0.6) is 0 Å². The number of aromatic amines is 1. The minimum absolute atomic E-state index is 0.0816. The van der Waals surface area contributed by atoms with Gasteiger partial charge < -0.3 is 4.55 Å². The topological polar surface area (TPSA) is 64.1 Å². The zero-order valence-corrected chi connectivity index (χ0v) is 15.0. The van der Waals surface area contributed by atoms with Crippen LogP contribution in [0, 0.1) is 5.82 Å². The number of nitrogens with zero attached hydrogens (tertiary/aromatic N) is 2. The first kappa shape index (κ1) is 19.7. The maximum absolute atomic E-state index is 13.4. The van der Waals surface area contributed by atoms with Crippen molar-refractivity contribution in [2.45, 2.75) is 31.7 Å². The third kappa shape index (κ3) is 4.74. The molecule has 4 nitrogen and oxygen atoms in total. The number of hydrogen-bond acceptors (Lipinski definition) is 3. The van der Waals surface area contributed by atoms with Crippen LogP contribution in [0.25, 0.3) is 0 Å². The highest BCUT2D eigenvalue weighted by Gasteiger charge is 2.34. The molecule has 0 saturated heterocycles. The summed E-state index contributed by atoms with van der Waals surface area (Å²) < 4.78 is 67.4. The lowest BCUT2D eigenvalue weighted by atomic mass is 10.1. The zero-order valence-electron chi connectivity index (χ0n) is 13.4. The number of halogens is 5. The lowest BCUT2D eigenvalue weighted by Gasteiger charge is -2.19. The largest absolute Gasteiger partial charge is 0.591 e. The monoisotopic (exact) mass is 395 g/mol. The molecule has 2 rings (SSSR count). The lowest BCUT2D eigenvalue weighted by Crippen LogP contribution is -2.27. The Kier molecular flexibility index (Phi) is 5.50. The predicted molar refractivity (Wildman–Crippen MR) is 88.5 cm³/mol. The van der Waals surface area contributed by atoms with E-state index in [1.165, 1.54) is 12.1 Å². The quantitative estimate of drug-likeness (QED) is 0.471. The summed E-state index contributed by atoms with van der Waals surface area (Å²) in [7, 11) is 0. The van der Waals surface area contributed by atoms with Crippen LogP contribution in [0.3, 0.4) is 0 Å². The van der Waals surface area contributed by atoms with E-state index in [1.54, 1.807) is 20.8 Å². The Morgan fingerprint density at radius 3 is 2.36 bits per heavy atom. The van der Waals surface area contributed by atoms with Crippen LogP contribution in [-0.2, 0) is 17.5 Å². The Hall–Kier alpha value is -1.58. The molecule has 0 bridgehead atoms. The van der Waals surface area contributed by atoms with Gasteiger partial charge in [-0.25, -0.2) is 4.39 Å². The second-order valence-corrected chi connectivity index (χ2v) is 8.41. The van der Waals surface area contributed by atoms with Crippen LogP contribution < -0.4 is 0 Å². The summed E-state index contributed by atoms with van der Waals surface area (Å²) in [5.41, 5.74) is -1.14. The summed E-state index contributed by atoms with van der Waals surface area (Å²) in [5, 5.41) is 5.23. The van der Waals surface area contributed by atoms with E-state index in [-0.39, 0.29) is 22.0 Å². The molecular formula is C15H14ClF4N3OS. The molecule has 1 unspecified atom stereocenters. The fraction of sp³-hybridized carbons (Fsp3) is 0.333. The highest BCUT2D eigenvalue weighted by molar-refractivity contribution is 7.91. The Bertz CT molecular complexity index is 799. The molecule has 0 amide bonds. The minimum Gasteiger partial charge on any atom is -0.591 e. The Morgan fingerprint density at radius 2 is 1.88 bits per heavy atom. The van der Waals surface area contributed by atoms with E-state index in [2.05, 4.69) is 9.50 Å². The van der Waals surface area contributed by atoms with Gasteiger partial charge in [-0.15, -0.1) is 0 Å². The molecule has 25 heavy (non-hydrogen) atoms. The second kappa shape index (κ2) is 6.97. The number of aromatic nitrogens is 2. The van der Waals surface area contributed by atoms with Gasteiger partial charge in [0.15, 0.2) is 0 Å². The summed E-state index contributed by atoms with van der Waals surface area (Å²) in [6.45, 7) is 4.98. The van der Waals surface area contributed by atoms with Crippen LogP contribution in [0.15, 0.2) is 28.7 Å². The van der Waals surface area contributed by atoms with Crippen molar-refractivity contribution in [1.82, 2.24) is 10.2 Å². The summed E-state index contributed by atoms with van der Waals surface area (Å²) in [6.07, 6.45) is -4.63. The van der Waals surface area contributed by atoms with Crippen molar-refractivity contribution in [3.05, 3.63) is 52.1 Å². The average Bonchev–Trinajstić information content (AvgIpc) is 2.96. The van der Waals surface area contributed by atoms with Crippen molar-refractivity contribution in [2.75, 3.05) is 0 Å². The first-order valence-corrected chi connectivity index (χ1v) is 8.47. The van der Waals surface area contributed by atoms with Crippen molar-refractivity contribution in [2.24, 2.45) is 4.40 Å². The van der Waals surface area contributed by atoms with Gasteiger partial charge in [0.25, 0.3) is 0 Å². The van der Waals surface area contributed by atoms with Crippen LogP contribution >= 0.6 is 11.6 Å². The summed E-state index contributed by atoms with van der Waals surface area (Å²) in [4.78, 5) is 0. The molecule has 1 aromatic carbocycles. The van der Waals surface area contributed by atoms with Gasteiger partial charge in [-0.3, -0.25) is 5.10 Å². The highest BCUT2D eigenvalue weighted by atomic mass is 35.5. The predicted octanol–water partition coefficient (Wildman–Crippen LogP) is 4.52. The molecule has 0 aliphatic heterocycles. The van der Waals surface area contributed by atoms with Gasteiger partial charge in [0.2, 0.25) is 0 Å². The maximum atomic E-state index is 13.4. The van der Waals surface area contributed by atoms with E-state index in [9.17, 15) is 22.1 Å². The van der Waals surface area contributed by atoms with Crippen LogP contribution in [-0.4, -0.2) is 25.2 Å². The van der Waals surface area contributed by atoms with E-state index in [4.69, 9.17) is 11.6 Å². The number of rotatable bonds is 3. The molecule has 0 fully saturated rings. The molecule has 1 aromatic heterocycles. The van der Waals surface area contributed by atoms with E-state index >= 15 is 0 Å². The van der Waals surface area contributed by atoms with Gasteiger partial charge in [-0.2, -0.15) is 18.3 Å². The molecule has 2 aromatic rings. The maximum Gasteiger partial charge on any atom is 0.432 e. The molecule has 1 heterocycles. The fourth-order valence-electron chi connectivity index (χ4n) is 1.70. The van der Waals surface area contributed by atoms with E-state index in [1.807, 2.05) is 5.10 Å². The molecule has 0 radical (unpaired) electrons. The number of hydrogen-bond donors (Lipinski definition) is 1.